The Labute approximate surface area is 270 Å². The standard InChI is InChI=1S/C33H33F2N7O2S2/c1-21(2)32-40-29(22-9-7-10-23(19-22)41-46(43,44)31-25(34)11-8-12-26(31)35)30(45-32)27-15-16-36-33(39-27)38-24-13-14-28(37-20-24)42-17-5-3-4-6-18-42/h7-16,19-21,41H,3-6,17-18H2,1-2H3,(H,36,38,39). The van der Waals surface area contributed by atoms with Gasteiger partial charge in [-0.1, -0.05) is 44.9 Å². The normalized spacial score (nSPS) is 13.9. The predicted octanol–water partition coefficient (Wildman–Crippen LogP) is 7.99. The number of rotatable bonds is 9. The van der Waals surface area contributed by atoms with Crippen LogP contribution in [0.3, 0.4) is 0 Å². The number of anilines is 4. The lowest BCUT2D eigenvalue weighted by Gasteiger charge is -2.21. The van der Waals surface area contributed by atoms with Crippen LogP contribution in [-0.4, -0.2) is 41.4 Å². The molecule has 2 aromatic carbocycles. The SMILES string of the molecule is CC(C)c1nc(-c2cccc(NS(=O)(=O)c3c(F)cccc3F)c2)c(-c2ccnc(Nc3ccc(N4CCCCCC4)nc3)n2)s1. The van der Waals surface area contributed by atoms with Gasteiger partial charge in [-0.2, -0.15) is 0 Å². The fourth-order valence-electron chi connectivity index (χ4n) is 5.25. The summed E-state index contributed by atoms with van der Waals surface area (Å²) >= 11 is 1.48. The van der Waals surface area contributed by atoms with E-state index in [2.05, 4.69) is 24.9 Å². The zero-order valence-electron chi connectivity index (χ0n) is 25.4. The molecule has 13 heteroatoms. The molecule has 6 rings (SSSR count). The molecule has 0 bridgehead atoms. The van der Waals surface area contributed by atoms with Gasteiger partial charge in [0.2, 0.25) is 5.95 Å². The van der Waals surface area contributed by atoms with Crippen LogP contribution in [0.1, 0.15) is 50.5 Å². The van der Waals surface area contributed by atoms with Crippen LogP contribution in [0.4, 0.5) is 31.9 Å². The first-order valence-corrected chi connectivity index (χ1v) is 17.4. The van der Waals surface area contributed by atoms with Gasteiger partial charge in [0, 0.05) is 36.5 Å². The molecule has 1 aliphatic heterocycles. The molecule has 0 aliphatic carbocycles. The van der Waals surface area contributed by atoms with Crippen molar-refractivity contribution < 1.29 is 17.2 Å². The highest BCUT2D eigenvalue weighted by atomic mass is 32.2. The number of hydrogen-bond donors (Lipinski definition) is 2. The summed E-state index contributed by atoms with van der Waals surface area (Å²) in [4.78, 5) is 20.8. The minimum Gasteiger partial charge on any atom is -0.357 e. The minimum atomic E-state index is -4.54. The second kappa shape index (κ2) is 13.5. The van der Waals surface area contributed by atoms with Crippen LogP contribution >= 0.6 is 11.3 Å². The topological polar surface area (TPSA) is 113 Å². The maximum absolute atomic E-state index is 14.3. The van der Waals surface area contributed by atoms with Crippen LogP contribution in [0.15, 0.2) is 78.0 Å². The van der Waals surface area contributed by atoms with Crippen LogP contribution < -0.4 is 14.9 Å². The molecule has 238 valence electrons. The summed E-state index contributed by atoms with van der Waals surface area (Å²) in [5.41, 5.74) is 2.72. The second-order valence-electron chi connectivity index (χ2n) is 11.3. The molecule has 3 aromatic heterocycles. The molecule has 5 aromatic rings. The van der Waals surface area contributed by atoms with E-state index in [9.17, 15) is 17.2 Å². The maximum Gasteiger partial charge on any atom is 0.267 e. The van der Waals surface area contributed by atoms with Gasteiger partial charge in [-0.3, -0.25) is 4.72 Å². The van der Waals surface area contributed by atoms with E-state index in [1.165, 1.54) is 43.1 Å². The number of nitrogens with one attached hydrogen (secondary N) is 2. The highest BCUT2D eigenvalue weighted by Crippen LogP contribution is 2.39. The fraction of sp³-hybridized carbons (Fsp3) is 0.273. The molecule has 9 nitrogen and oxygen atoms in total. The van der Waals surface area contributed by atoms with Crippen molar-refractivity contribution in [1.82, 2.24) is 19.9 Å². The molecule has 1 aliphatic rings. The van der Waals surface area contributed by atoms with Gasteiger partial charge in [0.1, 0.15) is 17.5 Å². The first-order valence-electron chi connectivity index (χ1n) is 15.1. The molecule has 0 saturated carbocycles. The quantitative estimate of drug-likeness (QED) is 0.164. The molecule has 1 saturated heterocycles. The highest BCUT2D eigenvalue weighted by molar-refractivity contribution is 7.92. The monoisotopic (exact) mass is 661 g/mol. The van der Waals surface area contributed by atoms with E-state index in [0.717, 1.165) is 52.7 Å². The molecule has 0 unspecified atom stereocenters. The maximum atomic E-state index is 14.3. The van der Waals surface area contributed by atoms with Crippen molar-refractivity contribution in [2.24, 2.45) is 0 Å². The van der Waals surface area contributed by atoms with Crippen molar-refractivity contribution >= 4 is 44.5 Å². The van der Waals surface area contributed by atoms with Crippen molar-refractivity contribution in [3.8, 4) is 21.8 Å². The molecular formula is C33H33F2N7O2S2. The number of aromatic nitrogens is 4. The first kappa shape index (κ1) is 31.5. The molecule has 2 N–H and O–H groups in total. The van der Waals surface area contributed by atoms with E-state index in [4.69, 9.17) is 9.97 Å². The first-order chi connectivity index (χ1) is 22.2. The van der Waals surface area contributed by atoms with Crippen LogP contribution in [0.25, 0.3) is 21.8 Å². The third-order valence-corrected chi connectivity index (χ3v) is 10.3. The largest absolute Gasteiger partial charge is 0.357 e. The van der Waals surface area contributed by atoms with Gasteiger partial charge >= 0.3 is 0 Å². The average molecular weight is 662 g/mol. The fourth-order valence-corrected chi connectivity index (χ4v) is 7.50. The Morgan fingerprint density at radius 2 is 1.61 bits per heavy atom. The van der Waals surface area contributed by atoms with Crippen molar-refractivity contribution in [2.75, 3.05) is 28.0 Å². The Kier molecular flexibility index (Phi) is 9.22. The highest BCUT2D eigenvalue weighted by Gasteiger charge is 2.25. The van der Waals surface area contributed by atoms with Gasteiger partial charge in [-0.05, 0) is 55.3 Å². The molecule has 0 amide bonds. The predicted molar refractivity (Wildman–Crippen MR) is 178 cm³/mol. The Morgan fingerprint density at radius 3 is 2.30 bits per heavy atom. The average Bonchev–Trinajstić information content (AvgIpc) is 3.31. The lowest BCUT2D eigenvalue weighted by molar-refractivity contribution is 0.521. The number of benzene rings is 2. The van der Waals surface area contributed by atoms with E-state index < -0.39 is 26.6 Å². The van der Waals surface area contributed by atoms with Gasteiger partial charge in [-0.15, -0.1) is 11.3 Å². The van der Waals surface area contributed by atoms with E-state index in [1.807, 2.05) is 26.0 Å². The summed E-state index contributed by atoms with van der Waals surface area (Å²) < 4.78 is 56.8. The van der Waals surface area contributed by atoms with Crippen molar-refractivity contribution in [3.05, 3.63) is 89.7 Å². The van der Waals surface area contributed by atoms with Crippen LogP contribution in [0, 0.1) is 11.6 Å². The van der Waals surface area contributed by atoms with Gasteiger partial charge in [0.25, 0.3) is 10.0 Å². The molecule has 1 fully saturated rings. The summed E-state index contributed by atoms with van der Waals surface area (Å²) in [5.74, 6) is -0.882. The van der Waals surface area contributed by atoms with E-state index in [0.29, 0.717) is 22.9 Å². The molecule has 46 heavy (non-hydrogen) atoms. The minimum absolute atomic E-state index is 0.122. The Morgan fingerprint density at radius 1 is 0.870 bits per heavy atom. The number of nitrogens with zero attached hydrogens (tertiary/aromatic N) is 5. The van der Waals surface area contributed by atoms with E-state index in [1.54, 1.807) is 36.7 Å². The summed E-state index contributed by atoms with van der Waals surface area (Å²) in [7, 11) is -4.54. The van der Waals surface area contributed by atoms with Gasteiger partial charge in [-0.25, -0.2) is 37.1 Å². The van der Waals surface area contributed by atoms with E-state index in [-0.39, 0.29) is 11.6 Å². The number of pyridine rings is 1. The lowest BCUT2D eigenvalue weighted by atomic mass is 10.1. The van der Waals surface area contributed by atoms with Crippen LogP contribution in [0.2, 0.25) is 0 Å². The van der Waals surface area contributed by atoms with Gasteiger partial charge in [0.15, 0.2) is 4.90 Å². The van der Waals surface area contributed by atoms with Crippen LogP contribution in [-0.2, 0) is 10.0 Å². The summed E-state index contributed by atoms with van der Waals surface area (Å²) in [5, 5.41) is 4.11. The second-order valence-corrected chi connectivity index (χ2v) is 14.0. The Bertz CT molecular complexity index is 1920. The Balaban J connectivity index is 1.28. The third-order valence-electron chi connectivity index (χ3n) is 7.54. The van der Waals surface area contributed by atoms with E-state index >= 15 is 0 Å². The summed E-state index contributed by atoms with van der Waals surface area (Å²) in [6.45, 7) is 6.10. The van der Waals surface area contributed by atoms with Gasteiger partial charge < -0.3 is 10.2 Å². The number of halogens is 2. The molecule has 0 radical (unpaired) electrons. The number of sulfonamides is 1. The Hall–Kier alpha value is -4.49. The van der Waals surface area contributed by atoms with Crippen molar-refractivity contribution in [2.45, 2.75) is 50.3 Å². The molecule has 4 heterocycles. The molecule has 0 spiro atoms. The lowest BCUT2D eigenvalue weighted by Crippen LogP contribution is -2.24. The zero-order valence-corrected chi connectivity index (χ0v) is 27.0. The van der Waals surface area contributed by atoms with Gasteiger partial charge in [0.05, 0.1) is 33.2 Å². The molecular weight excluding hydrogens is 629 g/mol. The smallest absolute Gasteiger partial charge is 0.267 e. The molecule has 0 atom stereocenters. The number of hydrogen-bond acceptors (Lipinski definition) is 9. The van der Waals surface area contributed by atoms with Crippen LogP contribution in [0.5, 0.6) is 0 Å². The number of thiazole rings is 1. The summed E-state index contributed by atoms with van der Waals surface area (Å²) in [6.07, 6.45) is 8.30. The van der Waals surface area contributed by atoms with Crippen molar-refractivity contribution in [1.29, 1.82) is 0 Å². The zero-order chi connectivity index (χ0) is 32.3. The van der Waals surface area contributed by atoms with Crippen molar-refractivity contribution in [3.63, 3.8) is 0 Å². The third kappa shape index (κ3) is 7.00. The summed E-state index contributed by atoms with van der Waals surface area (Å²) in [6, 6.07) is 15.2.